The van der Waals surface area contributed by atoms with Crippen molar-refractivity contribution >= 4 is 11.3 Å². The second kappa shape index (κ2) is 6.46. The summed E-state index contributed by atoms with van der Waals surface area (Å²) in [6.45, 7) is 0. The van der Waals surface area contributed by atoms with E-state index in [1.807, 2.05) is 91.0 Å². The maximum Gasteiger partial charge on any atom is 0.222 e. The Morgan fingerprint density at radius 1 is 0.481 bits per heavy atom. The second-order valence-corrected chi connectivity index (χ2v) is 6.13. The number of para-hydroxylation sites is 1. The lowest BCUT2D eigenvalue weighted by atomic mass is 10.0. The van der Waals surface area contributed by atoms with Crippen LogP contribution in [-0.2, 0) is 0 Å². The minimum Gasteiger partial charge on any atom is -0.221 e. The summed E-state index contributed by atoms with van der Waals surface area (Å²) in [6.07, 6.45) is 0. The molecule has 0 aliphatic heterocycles. The molecule has 0 unspecified atom stereocenters. The molecule has 0 amide bonds. The van der Waals surface area contributed by atoms with E-state index >= 15 is 0 Å². The number of rotatable bonds is 3. The van der Waals surface area contributed by atoms with Crippen LogP contribution in [0.25, 0.3) is 39.5 Å². The van der Waals surface area contributed by atoms with Crippen molar-refractivity contribution in [2.24, 2.45) is 0 Å². The summed E-state index contributed by atoms with van der Waals surface area (Å²) < 4.78 is 0. The first-order valence-electron chi connectivity index (χ1n) is 8.70. The lowest BCUT2D eigenvalue weighted by Crippen LogP contribution is -1.97. The number of benzene rings is 3. The summed E-state index contributed by atoms with van der Waals surface area (Å²) in [5.41, 5.74) is 5.53. The summed E-state index contributed by atoms with van der Waals surface area (Å²) >= 11 is 0. The van der Waals surface area contributed by atoms with Gasteiger partial charge >= 0.3 is 0 Å². The van der Waals surface area contributed by atoms with Crippen molar-refractivity contribution in [1.82, 2.24) is 25.0 Å². The third-order valence-electron chi connectivity index (χ3n) is 4.32. The fourth-order valence-electron chi connectivity index (χ4n) is 3.03. The molecule has 5 aromatic rings. The highest BCUT2D eigenvalue weighted by Crippen LogP contribution is 2.30. The van der Waals surface area contributed by atoms with E-state index in [1.165, 1.54) is 0 Å². The number of nitrogens with zero attached hydrogens (tertiary/aromatic N) is 5. The monoisotopic (exact) mass is 349 g/mol. The molecule has 5 nitrogen and oxygen atoms in total. The van der Waals surface area contributed by atoms with Crippen LogP contribution in [0.15, 0.2) is 91.0 Å². The molecule has 2 heterocycles. The molecule has 0 fully saturated rings. The molecule has 0 radical (unpaired) electrons. The van der Waals surface area contributed by atoms with Crippen molar-refractivity contribution in [1.29, 1.82) is 0 Å². The molecule has 0 aliphatic carbocycles. The largest absolute Gasteiger partial charge is 0.222 e. The fraction of sp³-hybridized carbons (Fsp3) is 0. The number of fused-ring (bicyclic) bond motifs is 1. The lowest BCUT2D eigenvalue weighted by Gasteiger charge is -2.07. The molecular weight excluding hydrogens is 334 g/mol. The van der Waals surface area contributed by atoms with E-state index in [4.69, 9.17) is 9.97 Å². The fourth-order valence-corrected chi connectivity index (χ4v) is 3.03. The summed E-state index contributed by atoms with van der Waals surface area (Å²) in [6, 6.07) is 29.9. The van der Waals surface area contributed by atoms with Crippen LogP contribution in [0.4, 0.5) is 0 Å². The highest BCUT2D eigenvalue weighted by Gasteiger charge is 2.16. The van der Waals surface area contributed by atoms with Crippen LogP contribution >= 0.6 is 0 Å². The summed E-state index contributed by atoms with van der Waals surface area (Å²) in [5.74, 6) is 0. The highest BCUT2D eigenvalue weighted by atomic mass is 15.5. The third-order valence-corrected chi connectivity index (χ3v) is 4.32. The minimum atomic E-state index is 0.525. The number of hydrogen-bond donors (Lipinski definition) is 0. The third kappa shape index (κ3) is 2.85. The zero-order valence-electron chi connectivity index (χ0n) is 14.4. The smallest absolute Gasteiger partial charge is 0.221 e. The van der Waals surface area contributed by atoms with Crippen LogP contribution in [0.3, 0.4) is 0 Å². The van der Waals surface area contributed by atoms with Crippen LogP contribution < -0.4 is 0 Å². The van der Waals surface area contributed by atoms with Gasteiger partial charge in [-0.15, -0.1) is 15.0 Å². The molecular formula is C22H15N5. The van der Waals surface area contributed by atoms with Gasteiger partial charge < -0.3 is 0 Å². The van der Waals surface area contributed by atoms with E-state index in [9.17, 15) is 0 Å². The van der Waals surface area contributed by atoms with Gasteiger partial charge in [0, 0.05) is 11.1 Å². The van der Waals surface area contributed by atoms with E-state index in [2.05, 4.69) is 10.2 Å². The molecule has 0 spiro atoms. The van der Waals surface area contributed by atoms with Gasteiger partial charge in [0.05, 0.1) is 17.1 Å². The molecule has 0 bridgehead atoms. The summed E-state index contributed by atoms with van der Waals surface area (Å²) in [7, 11) is 0. The first-order valence-corrected chi connectivity index (χ1v) is 8.70. The molecule has 0 N–H and O–H groups in total. The molecule has 27 heavy (non-hydrogen) atoms. The Balaban J connectivity index is 1.76. The molecule has 0 aliphatic rings. The van der Waals surface area contributed by atoms with Crippen LogP contribution in [0, 0.1) is 0 Å². The van der Waals surface area contributed by atoms with Crippen LogP contribution in [0.5, 0.6) is 0 Å². The number of hydrogen-bond acceptors (Lipinski definition) is 4. The maximum atomic E-state index is 4.81. The van der Waals surface area contributed by atoms with Gasteiger partial charge in [0.15, 0.2) is 0 Å². The van der Waals surface area contributed by atoms with Crippen LogP contribution in [0.1, 0.15) is 0 Å². The average molecular weight is 349 g/mol. The predicted octanol–water partition coefficient (Wildman–Crippen LogP) is 4.54. The Kier molecular flexibility index (Phi) is 3.68. The second-order valence-electron chi connectivity index (χ2n) is 6.13. The minimum absolute atomic E-state index is 0.525. The molecule has 128 valence electrons. The molecule has 0 atom stereocenters. The Labute approximate surface area is 156 Å². The van der Waals surface area contributed by atoms with E-state index in [0.717, 1.165) is 28.2 Å². The Morgan fingerprint density at radius 2 is 0.889 bits per heavy atom. The molecule has 5 rings (SSSR count). The van der Waals surface area contributed by atoms with E-state index < -0.39 is 0 Å². The first kappa shape index (κ1) is 15.4. The van der Waals surface area contributed by atoms with Crippen molar-refractivity contribution in [3.8, 4) is 28.2 Å². The summed E-state index contributed by atoms with van der Waals surface area (Å²) in [4.78, 5) is 11.2. The highest BCUT2D eigenvalue weighted by molar-refractivity contribution is 5.83. The maximum absolute atomic E-state index is 4.81. The van der Waals surface area contributed by atoms with Crippen molar-refractivity contribution in [3.05, 3.63) is 91.0 Å². The molecule has 0 saturated heterocycles. The topological polar surface area (TPSA) is 56.5 Å². The van der Waals surface area contributed by atoms with Gasteiger partial charge in [-0.2, -0.15) is 0 Å². The average Bonchev–Trinajstić information content (AvgIpc) is 3.18. The van der Waals surface area contributed by atoms with Gasteiger partial charge in [-0.1, -0.05) is 78.9 Å². The lowest BCUT2D eigenvalue weighted by molar-refractivity contribution is 0.761. The zero-order valence-corrected chi connectivity index (χ0v) is 14.4. The first-order chi connectivity index (χ1) is 13.4. The van der Waals surface area contributed by atoms with Gasteiger partial charge in [-0.3, -0.25) is 0 Å². The van der Waals surface area contributed by atoms with Gasteiger partial charge in [0.1, 0.15) is 0 Å². The van der Waals surface area contributed by atoms with Gasteiger partial charge in [0.2, 0.25) is 11.3 Å². The van der Waals surface area contributed by atoms with Crippen molar-refractivity contribution in [3.63, 3.8) is 0 Å². The van der Waals surface area contributed by atoms with Crippen LogP contribution in [0.2, 0.25) is 0 Å². The van der Waals surface area contributed by atoms with Gasteiger partial charge in [0.25, 0.3) is 0 Å². The molecule has 0 saturated carbocycles. The quantitative estimate of drug-likeness (QED) is 0.480. The Hall–Kier alpha value is -3.86. The molecule has 2 aromatic heterocycles. The van der Waals surface area contributed by atoms with E-state index in [0.29, 0.717) is 11.3 Å². The number of aromatic nitrogens is 5. The van der Waals surface area contributed by atoms with Gasteiger partial charge in [-0.05, 0) is 12.1 Å². The van der Waals surface area contributed by atoms with Crippen molar-refractivity contribution in [2.75, 3.05) is 0 Å². The van der Waals surface area contributed by atoms with Gasteiger partial charge in [-0.25, -0.2) is 9.97 Å². The normalized spacial score (nSPS) is 11.0. The Morgan fingerprint density at radius 3 is 1.33 bits per heavy atom. The van der Waals surface area contributed by atoms with E-state index in [1.54, 1.807) is 4.80 Å². The standard InChI is InChI=1S/C22H15N5/c1-4-10-16(11-5-1)19-20(17-12-6-2-7-13-17)24-22-21(23-19)25-27(26-22)18-14-8-3-9-15-18/h1-15H. The summed E-state index contributed by atoms with van der Waals surface area (Å²) in [5, 5.41) is 9.07. The van der Waals surface area contributed by atoms with Crippen molar-refractivity contribution in [2.45, 2.75) is 0 Å². The molecule has 5 heteroatoms. The molecule has 3 aromatic carbocycles. The van der Waals surface area contributed by atoms with Crippen molar-refractivity contribution < 1.29 is 0 Å². The van der Waals surface area contributed by atoms with Crippen LogP contribution in [-0.4, -0.2) is 25.0 Å². The zero-order chi connectivity index (χ0) is 18.1. The Bertz CT molecular complexity index is 1120. The SMILES string of the molecule is c1ccc(-c2nc3nn(-c4ccccc4)nc3nc2-c2ccccc2)cc1. The predicted molar refractivity (Wildman–Crippen MR) is 105 cm³/mol. The van der Waals surface area contributed by atoms with E-state index in [-0.39, 0.29) is 0 Å².